The fourth-order valence-corrected chi connectivity index (χ4v) is 4.17. The van der Waals surface area contributed by atoms with Crippen LogP contribution >= 0.6 is 0 Å². The Bertz CT molecular complexity index is 991. The molecule has 0 spiro atoms. The first-order valence-electron chi connectivity index (χ1n) is 8.47. The molecule has 3 aromatic rings. The SMILES string of the molecule is CCN(CC)S(=O)(=O)c1cccc(-c2nc(-c3ccc(C)cc3)no2)c1. The Labute approximate surface area is 153 Å². The van der Waals surface area contributed by atoms with Gasteiger partial charge >= 0.3 is 0 Å². The number of aryl methyl sites for hydroxylation is 1. The zero-order chi connectivity index (χ0) is 18.7. The smallest absolute Gasteiger partial charge is 0.258 e. The highest BCUT2D eigenvalue weighted by Gasteiger charge is 2.22. The first-order chi connectivity index (χ1) is 12.5. The van der Waals surface area contributed by atoms with Gasteiger partial charge in [0.25, 0.3) is 5.89 Å². The quantitative estimate of drug-likeness (QED) is 0.660. The molecule has 3 rings (SSSR count). The molecule has 136 valence electrons. The predicted octanol–water partition coefficient (Wildman–Crippen LogP) is 3.74. The highest BCUT2D eigenvalue weighted by Crippen LogP contribution is 2.25. The van der Waals surface area contributed by atoms with Gasteiger partial charge < -0.3 is 4.52 Å². The maximum Gasteiger partial charge on any atom is 0.258 e. The topological polar surface area (TPSA) is 76.3 Å². The Kier molecular flexibility index (Phi) is 5.20. The van der Waals surface area contributed by atoms with Crippen LogP contribution in [0.2, 0.25) is 0 Å². The van der Waals surface area contributed by atoms with Crippen LogP contribution in [0.1, 0.15) is 19.4 Å². The molecule has 0 aliphatic carbocycles. The number of sulfonamides is 1. The zero-order valence-corrected chi connectivity index (χ0v) is 15.8. The van der Waals surface area contributed by atoms with Crippen molar-refractivity contribution in [2.45, 2.75) is 25.7 Å². The van der Waals surface area contributed by atoms with E-state index in [1.54, 1.807) is 24.3 Å². The molecule has 0 aliphatic rings. The number of nitrogens with zero attached hydrogens (tertiary/aromatic N) is 3. The lowest BCUT2D eigenvalue weighted by Gasteiger charge is -2.18. The maximum absolute atomic E-state index is 12.7. The fourth-order valence-electron chi connectivity index (χ4n) is 2.66. The van der Waals surface area contributed by atoms with Gasteiger partial charge in [0.15, 0.2) is 0 Å². The van der Waals surface area contributed by atoms with Gasteiger partial charge in [-0.15, -0.1) is 0 Å². The molecule has 0 bridgehead atoms. The summed E-state index contributed by atoms with van der Waals surface area (Å²) >= 11 is 0. The molecule has 6 nitrogen and oxygen atoms in total. The minimum absolute atomic E-state index is 0.216. The van der Waals surface area contributed by atoms with Gasteiger partial charge in [-0.2, -0.15) is 9.29 Å². The summed E-state index contributed by atoms with van der Waals surface area (Å²) in [6, 6.07) is 14.4. The van der Waals surface area contributed by atoms with E-state index >= 15 is 0 Å². The lowest BCUT2D eigenvalue weighted by molar-refractivity contribution is 0.432. The van der Waals surface area contributed by atoms with Gasteiger partial charge in [-0.05, 0) is 25.1 Å². The molecule has 2 aromatic carbocycles. The minimum atomic E-state index is -3.54. The van der Waals surface area contributed by atoms with E-state index in [-0.39, 0.29) is 10.8 Å². The second-order valence-electron chi connectivity index (χ2n) is 5.91. The first-order valence-corrected chi connectivity index (χ1v) is 9.91. The Morgan fingerprint density at radius 1 is 1.00 bits per heavy atom. The first kappa shape index (κ1) is 18.3. The lowest BCUT2D eigenvalue weighted by atomic mass is 10.1. The summed E-state index contributed by atoms with van der Waals surface area (Å²) < 4.78 is 32.2. The van der Waals surface area contributed by atoms with Gasteiger partial charge in [-0.1, -0.05) is 54.9 Å². The Morgan fingerprint density at radius 3 is 2.35 bits per heavy atom. The van der Waals surface area contributed by atoms with Gasteiger partial charge in [0.05, 0.1) is 4.90 Å². The van der Waals surface area contributed by atoms with Crippen molar-refractivity contribution < 1.29 is 12.9 Å². The summed E-state index contributed by atoms with van der Waals surface area (Å²) in [5.74, 6) is 0.758. The van der Waals surface area contributed by atoms with Crippen LogP contribution in [0, 0.1) is 6.92 Å². The van der Waals surface area contributed by atoms with E-state index < -0.39 is 10.0 Å². The number of hydrogen-bond acceptors (Lipinski definition) is 5. The molecule has 0 unspecified atom stereocenters. The molecule has 1 aromatic heterocycles. The predicted molar refractivity (Wildman–Crippen MR) is 100 cm³/mol. The summed E-state index contributed by atoms with van der Waals surface area (Å²) in [4.78, 5) is 4.62. The van der Waals surface area contributed by atoms with Crippen LogP contribution in [0.3, 0.4) is 0 Å². The van der Waals surface area contributed by atoms with Crippen LogP contribution in [0.4, 0.5) is 0 Å². The van der Waals surface area contributed by atoms with Crippen molar-refractivity contribution in [1.29, 1.82) is 0 Å². The zero-order valence-electron chi connectivity index (χ0n) is 15.0. The minimum Gasteiger partial charge on any atom is -0.334 e. The van der Waals surface area contributed by atoms with Crippen LogP contribution in [-0.2, 0) is 10.0 Å². The van der Waals surface area contributed by atoms with Crippen LogP contribution in [-0.4, -0.2) is 36.0 Å². The molecule has 0 saturated heterocycles. The third-order valence-corrected chi connectivity index (χ3v) is 6.21. The van der Waals surface area contributed by atoms with E-state index in [4.69, 9.17) is 4.52 Å². The van der Waals surface area contributed by atoms with Crippen LogP contribution in [0.15, 0.2) is 57.9 Å². The molecule has 0 saturated carbocycles. The van der Waals surface area contributed by atoms with Crippen LogP contribution in [0.25, 0.3) is 22.8 Å². The number of benzene rings is 2. The molecule has 0 atom stereocenters. The van der Waals surface area contributed by atoms with Gasteiger partial charge in [-0.25, -0.2) is 8.42 Å². The monoisotopic (exact) mass is 371 g/mol. The third kappa shape index (κ3) is 3.54. The maximum atomic E-state index is 12.7. The Hall–Kier alpha value is -2.51. The average molecular weight is 371 g/mol. The molecule has 7 heteroatoms. The Morgan fingerprint density at radius 2 is 1.69 bits per heavy atom. The molecule has 0 N–H and O–H groups in total. The highest BCUT2D eigenvalue weighted by molar-refractivity contribution is 7.89. The fraction of sp³-hybridized carbons (Fsp3) is 0.263. The number of hydrogen-bond donors (Lipinski definition) is 0. The standard InChI is InChI=1S/C19H21N3O3S/c1-4-22(5-2)26(23,24)17-8-6-7-16(13-17)19-20-18(21-25-19)15-11-9-14(3)10-12-15/h6-13H,4-5H2,1-3H3. The van der Waals surface area contributed by atoms with Crippen molar-refractivity contribution in [2.75, 3.05) is 13.1 Å². The lowest BCUT2D eigenvalue weighted by Crippen LogP contribution is -2.30. The van der Waals surface area contributed by atoms with Crippen molar-refractivity contribution in [2.24, 2.45) is 0 Å². The van der Waals surface area contributed by atoms with Gasteiger partial charge in [0.1, 0.15) is 0 Å². The molecule has 0 radical (unpaired) electrons. The van der Waals surface area contributed by atoms with Crippen molar-refractivity contribution in [3.8, 4) is 22.8 Å². The van der Waals surface area contributed by atoms with E-state index in [0.717, 1.165) is 11.1 Å². The van der Waals surface area contributed by atoms with Gasteiger partial charge in [0, 0.05) is 24.2 Å². The molecule has 1 heterocycles. The van der Waals surface area contributed by atoms with Crippen molar-refractivity contribution in [3.05, 3.63) is 54.1 Å². The van der Waals surface area contributed by atoms with E-state index in [1.807, 2.05) is 45.0 Å². The summed E-state index contributed by atoms with van der Waals surface area (Å²) in [7, 11) is -3.54. The summed E-state index contributed by atoms with van der Waals surface area (Å²) in [6.07, 6.45) is 0. The number of rotatable bonds is 6. The molecule has 0 amide bonds. The number of aromatic nitrogens is 2. The summed E-state index contributed by atoms with van der Waals surface area (Å²) in [5.41, 5.74) is 2.56. The van der Waals surface area contributed by atoms with Crippen molar-refractivity contribution >= 4 is 10.0 Å². The second kappa shape index (κ2) is 7.39. The normalized spacial score (nSPS) is 11.8. The Balaban J connectivity index is 1.95. The largest absolute Gasteiger partial charge is 0.334 e. The highest BCUT2D eigenvalue weighted by atomic mass is 32.2. The van der Waals surface area contributed by atoms with Crippen molar-refractivity contribution in [1.82, 2.24) is 14.4 Å². The molecule has 0 aliphatic heterocycles. The van der Waals surface area contributed by atoms with Crippen LogP contribution in [0.5, 0.6) is 0 Å². The van der Waals surface area contributed by atoms with E-state index in [9.17, 15) is 8.42 Å². The molecule has 26 heavy (non-hydrogen) atoms. The molecular formula is C19H21N3O3S. The third-order valence-electron chi connectivity index (χ3n) is 4.16. The van der Waals surface area contributed by atoms with Crippen molar-refractivity contribution in [3.63, 3.8) is 0 Å². The molecule has 0 fully saturated rings. The van der Waals surface area contributed by atoms with Crippen LogP contribution < -0.4 is 0 Å². The average Bonchev–Trinajstić information content (AvgIpc) is 3.13. The van der Waals surface area contributed by atoms with Gasteiger partial charge in [0.2, 0.25) is 15.8 Å². The second-order valence-corrected chi connectivity index (χ2v) is 7.84. The van der Waals surface area contributed by atoms with E-state index in [2.05, 4.69) is 10.1 Å². The summed E-state index contributed by atoms with van der Waals surface area (Å²) in [5, 5.41) is 4.01. The van der Waals surface area contributed by atoms with E-state index in [1.165, 1.54) is 4.31 Å². The van der Waals surface area contributed by atoms with Gasteiger partial charge in [-0.3, -0.25) is 0 Å². The van der Waals surface area contributed by atoms with E-state index in [0.29, 0.717) is 24.5 Å². The summed E-state index contributed by atoms with van der Waals surface area (Å²) in [6.45, 7) is 6.48. The molecular weight excluding hydrogens is 350 g/mol.